The molecule has 3 aromatic carbocycles. The number of aromatic nitrogens is 2. The van der Waals surface area contributed by atoms with E-state index in [1.807, 2.05) is 54.9 Å². The third-order valence-electron chi connectivity index (χ3n) is 5.59. The number of aliphatic hydroxyl groups excluding tert-OH is 1. The Balaban J connectivity index is 0.00000306. The minimum absolute atomic E-state index is 0. The van der Waals surface area contributed by atoms with Crippen molar-refractivity contribution in [1.29, 1.82) is 0 Å². The largest absolute Gasteiger partial charge is 0.396 e. The number of benzene rings is 3. The first kappa shape index (κ1) is 24.7. The summed E-state index contributed by atoms with van der Waals surface area (Å²) in [5, 5.41) is 16.4. The molecule has 0 saturated carbocycles. The highest BCUT2D eigenvalue weighted by Gasteiger charge is 2.11. The van der Waals surface area contributed by atoms with Gasteiger partial charge in [-0.3, -0.25) is 4.99 Å². The quantitative estimate of drug-likeness (QED) is 0.174. The molecule has 1 aromatic heterocycles. The zero-order chi connectivity index (χ0) is 22.2. The highest BCUT2D eigenvalue weighted by atomic mass is 127. The molecule has 4 aromatic rings. The van der Waals surface area contributed by atoms with Crippen LogP contribution in [0.25, 0.3) is 11.0 Å². The van der Waals surface area contributed by atoms with E-state index < -0.39 is 0 Å². The third-order valence-corrected chi connectivity index (χ3v) is 5.59. The first-order valence-corrected chi connectivity index (χ1v) is 10.8. The molecule has 0 bridgehead atoms. The van der Waals surface area contributed by atoms with Gasteiger partial charge in [0.15, 0.2) is 5.96 Å². The first-order valence-electron chi connectivity index (χ1n) is 10.8. The first-order chi connectivity index (χ1) is 15.8. The lowest BCUT2D eigenvalue weighted by atomic mass is 10.0. The minimum Gasteiger partial charge on any atom is -0.396 e. The average Bonchev–Trinajstić information content (AvgIpc) is 3.26. The molecule has 0 amide bonds. The summed E-state index contributed by atoms with van der Waals surface area (Å²) >= 11 is 0. The highest BCUT2D eigenvalue weighted by molar-refractivity contribution is 14.0. The average molecular weight is 555 g/mol. The lowest BCUT2D eigenvalue weighted by Crippen LogP contribution is -2.39. The van der Waals surface area contributed by atoms with E-state index in [2.05, 4.69) is 55.5 Å². The van der Waals surface area contributed by atoms with Crippen molar-refractivity contribution in [1.82, 2.24) is 20.2 Å². The highest BCUT2D eigenvalue weighted by Crippen LogP contribution is 2.15. The lowest BCUT2D eigenvalue weighted by Gasteiger charge is -2.18. The van der Waals surface area contributed by atoms with Crippen molar-refractivity contribution in [2.75, 3.05) is 20.2 Å². The molecule has 33 heavy (non-hydrogen) atoms. The maximum absolute atomic E-state index is 9.74. The lowest BCUT2D eigenvalue weighted by molar-refractivity contribution is 0.265. The van der Waals surface area contributed by atoms with Gasteiger partial charge in [0, 0.05) is 32.6 Å². The molecular formula is C26H30IN5O. The number of aliphatic hydroxyl groups is 1. The smallest absolute Gasteiger partial charge is 0.191 e. The summed E-state index contributed by atoms with van der Waals surface area (Å²) < 4.78 is 2.17. The Kier molecular flexibility index (Phi) is 9.26. The predicted octanol–water partition coefficient (Wildman–Crippen LogP) is 4.14. The van der Waals surface area contributed by atoms with Crippen LogP contribution in [0.1, 0.15) is 22.6 Å². The summed E-state index contributed by atoms with van der Waals surface area (Å²) in [5.74, 6) is 0.738. The summed E-state index contributed by atoms with van der Waals surface area (Å²) in [7, 11) is 1.75. The van der Waals surface area contributed by atoms with Crippen LogP contribution < -0.4 is 10.6 Å². The van der Waals surface area contributed by atoms with Crippen LogP contribution in [0, 0.1) is 0 Å². The van der Waals surface area contributed by atoms with E-state index in [0.29, 0.717) is 19.0 Å². The number of rotatable bonds is 8. The fourth-order valence-corrected chi connectivity index (χ4v) is 3.73. The third kappa shape index (κ3) is 6.55. The maximum Gasteiger partial charge on any atom is 0.191 e. The molecule has 1 unspecified atom stereocenters. The fourth-order valence-electron chi connectivity index (χ4n) is 3.73. The van der Waals surface area contributed by atoms with Crippen LogP contribution in [0.15, 0.2) is 90.2 Å². The van der Waals surface area contributed by atoms with Crippen LogP contribution in [0.4, 0.5) is 0 Å². The van der Waals surface area contributed by atoms with Crippen LogP contribution in [0.3, 0.4) is 0 Å². The van der Waals surface area contributed by atoms with Gasteiger partial charge in [0.1, 0.15) is 0 Å². The van der Waals surface area contributed by atoms with Crippen molar-refractivity contribution in [2.45, 2.75) is 19.0 Å². The van der Waals surface area contributed by atoms with Gasteiger partial charge in [0.2, 0.25) is 0 Å². The number of guanidine groups is 1. The Morgan fingerprint density at radius 3 is 2.36 bits per heavy atom. The molecule has 3 N–H and O–H groups in total. The van der Waals surface area contributed by atoms with E-state index in [4.69, 9.17) is 0 Å². The molecule has 7 heteroatoms. The van der Waals surface area contributed by atoms with Crippen molar-refractivity contribution in [3.8, 4) is 0 Å². The molecule has 4 rings (SSSR count). The maximum atomic E-state index is 9.74. The Morgan fingerprint density at radius 1 is 0.939 bits per heavy atom. The zero-order valence-electron chi connectivity index (χ0n) is 18.7. The van der Waals surface area contributed by atoms with Crippen molar-refractivity contribution in [2.24, 2.45) is 4.99 Å². The van der Waals surface area contributed by atoms with Gasteiger partial charge >= 0.3 is 0 Å². The molecular weight excluding hydrogens is 525 g/mol. The van der Waals surface area contributed by atoms with E-state index in [1.165, 1.54) is 11.1 Å². The second-order valence-corrected chi connectivity index (χ2v) is 7.77. The monoisotopic (exact) mass is 555 g/mol. The number of aliphatic imine (C=N–C) groups is 1. The molecule has 1 atom stereocenters. The summed E-state index contributed by atoms with van der Waals surface area (Å²) in [4.78, 5) is 8.76. The molecule has 172 valence electrons. The normalized spacial score (nSPS) is 12.2. The van der Waals surface area contributed by atoms with Gasteiger partial charge < -0.3 is 20.3 Å². The molecule has 0 radical (unpaired) electrons. The zero-order valence-corrected chi connectivity index (χ0v) is 21.0. The van der Waals surface area contributed by atoms with Crippen LogP contribution in [0.2, 0.25) is 0 Å². The molecule has 0 aliphatic carbocycles. The molecule has 1 heterocycles. The standard InChI is InChI=1S/C26H29N5O.HI/c1-27-26(29-16-23(18-32)22-7-3-2-4-8-22)28-15-20-11-13-21(14-12-20)17-31-19-30-24-9-5-6-10-25(24)31;/h2-14,19,23,32H,15-18H2,1H3,(H2,27,28,29);1H. The predicted molar refractivity (Wildman–Crippen MR) is 145 cm³/mol. The summed E-state index contributed by atoms with van der Waals surface area (Å²) in [6.45, 7) is 2.15. The van der Waals surface area contributed by atoms with Gasteiger partial charge in [0.05, 0.1) is 24.0 Å². The molecule has 0 aliphatic heterocycles. The second kappa shape index (κ2) is 12.4. The van der Waals surface area contributed by atoms with E-state index in [1.54, 1.807) is 7.05 Å². The molecule has 0 aliphatic rings. The molecule has 0 spiro atoms. The molecule has 6 nitrogen and oxygen atoms in total. The fraction of sp³-hybridized carbons (Fsp3) is 0.231. The van der Waals surface area contributed by atoms with E-state index in [0.717, 1.165) is 23.1 Å². The number of nitrogens with one attached hydrogen (secondary N) is 2. The van der Waals surface area contributed by atoms with Gasteiger partial charge in [0.25, 0.3) is 0 Å². The number of fused-ring (bicyclic) bond motifs is 1. The van der Waals surface area contributed by atoms with Crippen molar-refractivity contribution < 1.29 is 5.11 Å². The number of halogens is 1. The van der Waals surface area contributed by atoms with Gasteiger partial charge in [-0.25, -0.2) is 4.98 Å². The van der Waals surface area contributed by atoms with Crippen LogP contribution in [-0.2, 0) is 13.1 Å². The number of hydrogen-bond acceptors (Lipinski definition) is 3. The van der Waals surface area contributed by atoms with Gasteiger partial charge in [-0.15, -0.1) is 24.0 Å². The Morgan fingerprint density at radius 2 is 1.64 bits per heavy atom. The number of nitrogens with zero attached hydrogens (tertiary/aromatic N) is 3. The minimum atomic E-state index is 0. The van der Waals surface area contributed by atoms with Gasteiger partial charge in [-0.1, -0.05) is 66.7 Å². The molecule has 0 saturated heterocycles. The van der Waals surface area contributed by atoms with Crippen LogP contribution in [0.5, 0.6) is 0 Å². The second-order valence-electron chi connectivity index (χ2n) is 7.77. The Hall–Kier alpha value is -2.91. The Bertz CT molecular complexity index is 1160. The van der Waals surface area contributed by atoms with Crippen molar-refractivity contribution in [3.63, 3.8) is 0 Å². The summed E-state index contributed by atoms with van der Waals surface area (Å²) in [6.07, 6.45) is 1.89. The van der Waals surface area contributed by atoms with Gasteiger partial charge in [-0.05, 0) is 28.8 Å². The SMILES string of the molecule is CN=C(NCc1ccc(Cn2cnc3ccccc32)cc1)NCC(CO)c1ccccc1.I. The van der Waals surface area contributed by atoms with Crippen molar-refractivity contribution in [3.05, 3.63) is 102 Å². The van der Waals surface area contributed by atoms with Gasteiger partial charge in [-0.2, -0.15) is 0 Å². The van der Waals surface area contributed by atoms with E-state index in [9.17, 15) is 5.11 Å². The number of imidazole rings is 1. The van der Waals surface area contributed by atoms with Crippen LogP contribution >= 0.6 is 24.0 Å². The van der Waals surface area contributed by atoms with E-state index in [-0.39, 0.29) is 36.5 Å². The van der Waals surface area contributed by atoms with Crippen LogP contribution in [-0.4, -0.2) is 40.8 Å². The Labute approximate surface area is 211 Å². The molecule has 0 fully saturated rings. The summed E-state index contributed by atoms with van der Waals surface area (Å²) in [5.41, 5.74) is 5.67. The number of hydrogen-bond donors (Lipinski definition) is 3. The van der Waals surface area contributed by atoms with Crippen molar-refractivity contribution >= 4 is 41.0 Å². The topological polar surface area (TPSA) is 74.5 Å². The summed E-state index contributed by atoms with van der Waals surface area (Å²) in [6, 6.07) is 26.8. The number of para-hydroxylation sites is 2. The van der Waals surface area contributed by atoms with E-state index >= 15 is 0 Å².